The van der Waals surface area contributed by atoms with Crippen molar-refractivity contribution in [2.45, 2.75) is 25.8 Å². The molecule has 2 heterocycles. The van der Waals surface area contributed by atoms with Crippen LogP contribution in [0.5, 0.6) is 0 Å². The van der Waals surface area contributed by atoms with Gasteiger partial charge in [0.25, 0.3) is 0 Å². The average Bonchev–Trinajstić information content (AvgIpc) is 2.96. The van der Waals surface area contributed by atoms with Gasteiger partial charge in [0.1, 0.15) is 0 Å². The smallest absolute Gasteiger partial charge is 0.185 e. The largest absolute Gasteiger partial charge is 0.350 e. The molecule has 1 atom stereocenters. The summed E-state index contributed by atoms with van der Waals surface area (Å²) in [6.07, 6.45) is 5.08. The maximum atomic E-state index is 10.6. The zero-order chi connectivity index (χ0) is 12.3. The van der Waals surface area contributed by atoms with Crippen LogP contribution in [0.4, 0.5) is 5.13 Å². The molecule has 5 heteroatoms. The molecule has 17 heavy (non-hydrogen) atoms. The fourth-order valence-corrected chi connectivity index (χ4v) is 3.12. The summed E-state index contributed by atoms with van der Waals surface area (Å²) in [5.74, 6) is 0. The number of hydrogen-bond acceptors (Lipinski definition) is 5. The van der Waals surface area contributed by atoms with Gasteiger partial charge < -0.3 is 4.90 Å². The number of anilines is 1. The van der Waals surface area contributed by atoms with Crippen molar-refractivity contribution < 1.29 is 4.79 Å². The van der Waals surface area contributed by atoms with Gasteiger partial charge in [0.2, 0.25) is 0 Å². The fourth-order valence-electron chi connectivity index (χ4n) is 2.42. The van der Waals surface area contributed by atoms with E-state index >= 15 is 0 Å². The Morgan fingerprint density at radius 1 is 1.71 bits per heavy atom. The van der Waals surface area contributed by atoms with Crippen LogP contribution < -0.4 is 4.90 Å². The third kappa shape index (κ3) is 2.84. The molecule has 0 amide bonds. The molecule has 0 aromatic carbocycles. The lowest BCUT2D eigenvalue weighted by molar-refractivity contribution is 0.112. The van der Waals surface area contributed by atoms with Gasteiger partial charge in [-0.1, -0.05) is 18.3 Å². The van der Waals surface area contributed by atoms with E-state index < -0.39 is 0 Å². The van der Waals surface area contributed by atoms with Gasteiger partial charge in [0.15, 0.2) is 11.4 Å². The van der Waals surface area contributed by atoms with Gasteiger partial charge in [-0.05, 0) is 25.9 Å². The first kappa shape index (κ1) is 12.5. The van der Waals surface area contributed by atoms with Gasteiger partial charge in [0, 0.05) is 19.6 Å². The summed E-state index contributed by atoms with van der Waals surface area (Å²) < 4.78 is 0. The molecule has 1 fully saturated rings. The molecular formula is C12H19N3OS. The summed E-state index contributed by atoms with van der Waals surface area (Å²) in [5, 5.41) is 0.940. The third-order valence-corrected chi connectivity index (χ3v) is 4.38. The summed E-state index contributed by atoms with van der Waals surface area (Å²) in [6, 6.07) is 0.633. The maximum Gasteiger partial charge on any atom is 0.185 e. The summed E-state index contributed by atoms with van der Waals surface area (Å²) in [5.41, 5.74) is 0. The highest BCUT2D eigenvalue weighted by Gasteiger charge is 2.24. The first-order chi connectivity index (χ1) is 8.24. The van der Waals surface area contributed by atoms with Crippen LogP contribution >= 0.6 is 11.3 Å². The number of thiazole rings is 1. The predicted molar refractivity (Wildman–Crippen MR) is 71.0 cm³/mol. The number of aldehydes is 1. The molecule has 1 saturated heterocycles. The Hall–Kier alpha value is -0.940. The number of likely N-dealkylation sites (tertiary alicyclic amines) is 1. The van der Waals surface area contributed by atoms with Gasteiger partial charge in [-0.2, -0.15) is 0 Å². The minimum absolute atomic E-state index is 0.633. The van der Waals surface area contributed by atoms with Crippen LogP contribution in [-0.2, 0) is 0 Å². The van der Waals surface area contributed by atoms with Crippen LogP contribution in [0, 0.1) is 0 Å². The normalized spacial score (nSPS) is 20.7. The van der Waals surface area contributed by atoms with Crippen LogP contribution in [0.25, 0.3) is 0 Å². The molecule has 1 aromatic rings. The van der Waals surface area contributed by atoms with Crippen molar-refractivity contribution >= 4 is 22.8 Å². The lowest BCUT2D eigenvalue weighted by Crippen LogP contribution is -2.38. The summed E-state index contributed by atoms with van der Waals surface area (Å²) in [4.78, 5) is 20.3. The Morgan fingerprint density at radius 3 is 3.18 bits per heavy atom. The zero-order valence-electron chi connectivity index (χ0n) is 10.4. The molecular weight excluding hydrogens is 234 g/mol. The van der Waals surface area contributed by atoms with Crippen molar-refractivity contribution in [1.29, 1.82) is 0 Å². The number of hydrogen-bond donors (Lipinski definition) is 0. The molecule has 0 spiro atoms. The molecule has 0 radical (unpaired) electrons. The summed E-state index contributed by atoms with van der Waals surface area (Å²) in [7, 11) is 2.06. The maximum absolute atomic E-state index is 10.6. The molecule has 0 saturated carbocycles. The van der Waals surface area contributed by atoms with E-state index in [-0.39, 0.29) is 0 Å². The van der Waals surface area contributed by atoms with Crippen molar-refractivity contribution in [2.24, 2.45) is 0 Å². The van der Waals surface area contributed by atoms with Crippen molar-refractivity contribution in [3.8, 4) is 0 Å². The Morgan fingerprint density at radius 2 is 2.53 bits per heavy atom. The molecule has 2 rings (SSSR count). The lowest BCUT2D eigenvalue weighted by atomic mass is 10.2. The number of rotatable bonds is 5. The van der Waals surface area contributed by atoms with Crippen LogP contribution in [0.1, 0.15) is 29.4 Å². The molecule has 0 N–H and O–H groups in total. The Labute approximate surface area is 106 Å². The van der Waals surface area contributed by atoms with Crippen LogP contribution in [0.15, 0.2) is 6.20 Å². The highest BCUT2D eigenvalue weighted by atomic mass is 32.1. The van der Waals surface area contributed by atoms with Gasteiger partial charge in [-0.25, -0.2) is 4.98 Å². The van der Waals surface area contributed by atoms with E-state index in [4.69, 9.17) is 0 Å². The monoisotopic (exact) mass is 253 g/mol. The zero-order valence-corrected chi connectivity index (χ0v) is 11.2. The van der Waals surface area contributed by atoms with Gasteiger partial charge in [-0.15, -0.1) is 0 Å². The first-order valence-electron chi connectivity index (χ1n) is 6.10. The van der Waals surface area contributed by atoms with Crippen LogP contribution in [0.2, 0.25) is 0 Å². The number of likely N-dealkylation sites (N-methyl/N-ethyl adjacent to an activating group) is 2. The second-order valence-corrected chi connectivity index (χ2v) is 5.51. The highest BCUT2D eigenvalue weighted by Crippen LogP contribution is 2.23. The van der Waals surface area contributed by atoms with Crippen molar-refractivity contribution in [1.82, 2.24) is 9.88 Å². The quantitative estimate of drug-likeness (QED) is 0.751. The molecule has 4 nitrogen and oxygen atoms in total. The van der Waals surface area contributed by atoms with E-state index in [0.717, 1.165) is 24.5 Å². The van der Waals surface area contributed by atoms with Gasteiger partial charge >= 0.3 is 0 Å². The Bertz CT molecular complexity index is 380. The topological polar surface area (TPSA) is 36.4 Å². The van der Waals surface area contributed by atoms with E-state index in [9.17, 15) is 4.79 Å². The number of aromatic nitrogens is 1. The molecule has 1 aliphatic rings. The minimum atomic E-state index is 0.633. The highest BCUT2D eigenvalue weighted by molar-refractivity contribution is 7.17. The van der Waals surface area contributed by atoms with E-state index in [1.165, 1.54) is 30.7 Å². The molecule has 1 unspecified atom stereocenters. The lowest BCUT2D eigenvalue weighted by Gasteiger charge is -2.27. The van der Waals surface area contributed by atoms with E-state index in [2.05, 4.69) is 28.8 Å². The van der Waals surface area contributed by atoms with Crippen molar-refractivity contribution in [3.63, 3.8) is 0 Å². The average molecular weight is 253 g/mol. The number of carbonyl (C=O) groups is 1. The fraction of sp³-hybridized carbons (Fsp3) is 0.667. The second kappa shape index (κ2) is 5.60. The summed E-state index contributed by atoms with van der Waals surface area (Å²) >= 11 is 1.46. The van der Waals surface area contributed by atoms with Crippen LogP contribution in [0.3, 0.4) is 0 Å². The van der Waals surface area contributed by atoms with Crippen molar-refractivity contribution in [2.75, 3.05) is 31.6 Å². The Balaban J connectivity index is 1.96. The van der Waals surface area contributed by atoms with Crippen molar-refractivity contribution in [3.05, 3.63) is 11.1 Å². The molecule has 94 valence electrons. The molecule has 1 aromatic heterocycles. The molecule has 0 bridgehead atoms. The van der Waals surface area contributed by atoms with Gasteiger partial charge in [-0.3, -0.25) is 9.69 Å². The number of carbonyl (C=O) groups excluding carboxylic acids is 1. The SMILES string of the molecule is CCN1CCCC1CN(C)c1ncc(C=O)s1. The van der Waals surface area contributed by atoms with Gasteiger partial charge in [0.05, 0.1) is 11.1 Å². The van der Waals surface area contributed by atoms with E-state index in [0.29, 0.717) is 10.9 Å². The van der Waals surface area contributed by atoms with Crippen LogP contribution in [-0.4, -0.2) is 48.9 Å². The minimum Gasteiger partial charge on any atom is -0.350 e. The molecule has 1 aliphatic heterocycles. The van der Waals surface area contributed by atoms with E-state index in [1.54, 1.807) is 6.20 Å². The second-order valence-electron chi connectivity index (χ2n) is 4.47. The predicted octanol–water partition coefficient (Wildman–Crippen LogP) is 1.88. The third-order valence-electron chi connectivity index (χ3n) is 3.34. The summed E-state index contributed by atoms with van der Waals surface area (Å²) in [6.45, 7) is 5.55. The van der Waals surface area contributed by atoms with E-state index in [1.807, 2.05) is 0 Å². The molecule has 0 aliphatic carbocycles. The standard InChI is InChI=1S/C12H19N3OS/c1-3-15-6-4-5-10(15)8-14(2)12-13-7-11(9-16)17-12/h7,9-10H,3-6,8H2,1-2H3. The Kier molecular flexibility index (Phi) is 4.12. The first-order valence-corrected chi connectivity index (χ1v) is 6.92. The number of nitrogens with zero attached hydrogens (tertiary/aromatic N) is 3.